The lowest BCUT2D eigenvalue weighted by atomic mass is 10.4. The molecule has 18 heavy (non-hydrogen) atoms. The first kappa shape index (κ1) is 11.1. The van der Waals surface area contributed by atoms with Gasteiger partial charge in [-0.3, -0.25) is 4.68 Å². The Morgan fingerprint density at radius 1 is 1.28 bits per heavy atom. The molecule has 92 valence electrons. The van der Waals surface area contributed by atoms with Gasteiger partial charge < -0.3 is 5.32 Å². The monoisotopic (exact) mass is 260 g/mol. The molecule has 0 amide bonds. The average Bonchev–Trinajstić information content (AvgIpc) is 2.94. The Hall–Kier alpha value is -2.02. The van der Waals surface area contributed by atoms with E-state index in [2.05, 4.69) is 25.4 Å². The fraction of sp³-hybridized carbons (Fsp3) is 0.273. The lowest BCUT2D eigenvalue weighted by Gasteiger charge is -2.04. The summed E-state index contributed by atoms with van der Waals surface area (Å²) >= 11 is 1.68. The zero-order chi connectivity index (χ0) is 12.5. The molecule has 0 atom stereocenters. The third kappa shape index (κ3) is 1.92. The van der Waals surface area contributed by atoms with E-state index in [-0.39, 0.29) is 0 Å². The fourth-order valence-electron chi connectivity index (χ4n) is 1.76. The van der Waals surface area contributed by atoms with Crippen LogP contribution in [0.25, 0.3) is 11.0 Å². The van der Waals surface area contributed by atoms with Crippen LogP contribution in [0.5, 0.6) is 0 Å². The summed E-state index contributed by atoms with van der Waals surface area (Å²) in [6, 6.07) is 0. The zero-order valence-electron chi connectivity index (χ0n) is 10.1. The number of rotatable bonds is 3. The number of fused-ring (bicyclic) bond motifs is 1. The van der Waals surface area contributed by atoms with Crippen LogP contribution >= 0.6 is 11.3 Å². The van der Waals surface area contributed by atoms with Crippen molar-refractivity contribution < 1.29 is 0 Å². The summed E-state index contributed by atoms with van der Waals surface area (Å²) in [5, 5.41) is 9.48. The molecule has 1 N–H and O–H groups in total. The predicted octanol–water partition coefficient (Wildman–Crippen LogP) is 1.74. The summed E-state index contributed by atoms with van der Waals surface area (Å²) < 4.78 is 1.74. The van der Waals surface area contributed by atoms with Crippen molar-refractivity contribution in [3.63, 3.8) is 0 Å². The van der Waals surface area contributed by atoms with Crippen LogP contribution in [-0.4, -0.2) is 24.7 Å². The molecule has 0 aliphatic carbocycles. The van der Waals surface area contributed by atoms with Gasteiger partial charge >= 0.3 is 0 Å². The van der Waals surface area contributed by atoms with E-state index in [1.807, 2.05) is 20.2 Å². The summed E-state index contributed by atoms with van der Waals surface area (Å²) in [7, 11) is 1.87. The predicted molar refractivity (Wildman–Crippen MR) is 70.5 cm³/mol. The summed E-state index contributed by atoms with van der Waals surface area (Å²) in [5.74, 6) is 0.805. The van der Waals surface area contributed by atoms with Gasteiger partial charge in [-0.1, -0.05) is 0 Å². The van der Waals surface area contributed by atoms with Gasteiger partial charge in [0, 0.05) is 18.1 Å². The van der Waals surface area contributed by atoms with Gasteiger partial charge in [0.1, 0.15) is 12.1 Å². The van der Waals surface area contributed by atoms with Crippen LogP contribution in [0.1, 0.15) is 9.88 Å². The van der Waals surface area contributed by atoms with Crippen LogP contribution in [0.3, 0.4) is 0 Å². The second kappa shape index (κ2) is 4.34. The number of nitrogens with one attached hydrogen (secondary N) is 1. The van der Waals surface area contributed by atoms with Crippen molar-refractivity contribution in [3.05, 3.63) is 28.6 Å². The standard InChI is InChI=1S/C11H12N6S/c1-7-12-3-8(18-7)4-13-10-9-5-16-17(2)11(9)15-6-14-10/h3,5-6H,4H2,1-2H3,(H,13,14,15). The van der Waals surface area contributed by atoms with Crippen LogP contribution in [0, 0.1) is 6.92 Å². The maximum Gasteiger partial charge on any atom is 0.163 e. The van der Waals surface area contributed by atoms with Crippen molar-refractivity contribution in [2.24, 2.45) is 7.05 Å². The Morgan fingerprint density at radius 2 is 2.17 bits per heavy atom. The van der Waals surface area contributed by atoms with Crippen molar-refractivity contribution in [3.8, 4) is 0 Å². The van der Waals surface area contributed by atoms with E-state index in [4.69, 9.17) is 0 Å². The molecule has 0 saturated carbocycles. The largest absolute Gasteiger partial charge is 0.364 e. The summed E-state index contributed by atoms with van der Waals surface area (Å²) in [6.07, 6.45) is 5.20. The van der Waals surface area contributed by atoms with E-state index in [0.717, 1.165) is 21.9 Å². The number of aryl methyl sites for hydroxylation is 2. The molecule has 0 unspecified atom stereocenters. The molecule has 0 aliphatic rings. The Kier molecular flexibility index (Phi) is 2.67. The zero-order valence-corrected chi connectivity index (χ0v) is 10.9. The number of nitrogens with zero attached hydrogens (tertiary/aromatic N) is 5. The Morgan fingerprint density at radius 3 is 2.94 bits per heavy atom. The van der Waals surface area contributed by atoms with Crippen LogP contribution in [0.4, 0.5) is 5.82 Å². The molecule has 7 heteroatoms. The summed E-state index contributed by atoms with van der Waals surface area (Å²) in [4.78, 5) is 13.9. The normalized spacial score (nSPS) is 11.0. The van der Waals surface area contributed by atoms with Crippen molar-refractivity contribution in [2.45, 2.75) is 13.5 Å². The Labute approximate surface area is 108 Å². The maximum absolute atomic E-state index is 4.25. The minimum Gasteiger partial charge on any atom is -0.364 e. The highest BCUT2D eigenvalue weighted by molar-refractivity contribution is 7.11. The molecule has 0 fully saturated rings. The molecule has 0 radical (unpaired) electrons. The second-order valence-electron chi connectivity index (χ2n) is 3.93. The van der Waals surface area contributed by atoms with Crippen LogP contribution in [-0.2, 0) is 13.6 Å². The fourth-order valence-corrected chi connectivity index (χ4v) is 2.50. The molecule has 0 aliphatic heterocycles. The van der Waals surface area contributed by atoms with Gasteiger partial charge in [-0.05, 0) is 6.92 Å². The van der Waals surface area contributed by atoms with Gasteiger partial charge in [-0.15, -0.1) is 11.3 Å². The molecule has 0 saturated heterocycles. The average molecular weight is 260 g/mol. The highest BCUT2D eigenvalue weighted by Crippen LogP contribution is 2.19. The third-order valence-electron chi connectivity index (χ3n) is 2.63. The molecule has 0 bridgehead atoms. The van der Waals surface area contributed by atoms with Crippen LogP contribution in [0.15, 0.2) is 18.7 Å². The van der Waals surface area contributed by atoms with E-state index in [9.17, 15) is 0 Å². The molecule has 3 heterocycles. The second-order valence-corrected chi connectivity index (χ2v) is 5.25. The van der Waals surface area contributed by atoms with E-state index < -0.39 is 0 Å². The first-order chi connectivity index (χ1) is 8.74. The molecule has 0 aromatic carbocycles. The van der Waals surface area contributed by atoms with Crippen LogP contribution in [0.2, 0.25) is 0 Å². The molecular formula is C11H12N6S. The van der Waals surface area contributed by atoms with E-state index in [1.165, 1.54) is 4.88 Å². The van der Waals surface area contributed by atoms with Crippen molar-refractivity contribution in [2.75, 3.05) is 5.32 Å². The lowest BCUT2D eigenvalue weighted by molar-refractivity contribution is 0.785. The van der Waals surface area contributed by atoms with Crippen LogP contribution < -0.4 is 5.32 Å². The van der Waals surface area contributed by atoms with Gasteiger partial charge in [0.2, 0.25) is 0 Å². The molecule has 6 nitrogen and oxygen atoms in total. The molecular weight excluding hydrogens is 248 g/mol. The smallest absolute Gasteiger partial charge is 0.163 e. The van der Waals surface area contributed by atoms with Gasteiger partial charge in [0.15, 0.2) is 5.65 Å². The number of aromatic nitrogens is 5. The number of hydrogen-bond donors (Lipinski definition) is 1. The van der Waals surface area contributed by atoms with E-state index in [1.54, 1.807) is 28.5 Å². The first-order valence-corrected chi connectivity index (χ1v) is 6.33. The van der Waals surface area contributed by atoms with E-state index >= 15 is 0 Å². The molecule has 0 spiro atoms. The van der Waals surface area contributed by atoms with Crippen molar-refractivity contribution in [1.82, 2.24) is 24.7 Å². The summed E-state index contributed by atoms with van der Waals surface area (Å²) in [6.45, 7) is 2.71. The topological polar surface area (TPSA) is 68.5 Å². The first-order valence-electron chi connectivity index (χ1n) is 5.52. The van der Waals surface area contributed by atoms with Gasteiger partial charge in [-0.25, -0.2) is 15.0 Å². The molecule has 3 rings (SSSR count). The number of thiazole rings is 1. The highest BCUT2D eigenvalue weighted by Gasteiger charge is 2.07. The quantitative estimate of drug-likeness (QED) is 0.777. The highest BCUT2D eigenvalue weighted by atomic mass is 32.1. The third-order valence-corrected chi connectivity index (χ3v) is 3.54. The Balaban J connectivity index is 1.86. The Bertz CT molecular complexity index is 686. The van der Waals surface area contributed by atoms with Gasteiger partial charge in [0.05, 0.1) is 23.1 Å². The van der Waals surface area contributed by atoms with Gasteiger partial charge in [0.25, 0.3) is 0 Å². The van der Waals surface area contributed by atoms with Crippen molar-refractivity contribution >= 4 is 28.2 Å². The number of anilines is 1. The SMILES string of the molecule is Cc1ncc(CNc2ncnc3c2cnn3C)s1. The minimum atomic E-state index is 0.715. The number of hydrogen-bond acceptors (Lipinski definition) is 6. The molecule has 3 aromatic rings. The van der Waals surface area contributed by atoms with E-state index in [0.29, 0.717) is 6.54 Å². The summed E-state index contributed by atoms with van der Waals surface area (Å²) in [5.41, 5.74) is 0.827. The van der Waals surface area contributed by atoms with Gasteiger partial charge in [-0.2, -0.15) is 5.10 Å². The molecule has 3 aromatic heterocycles. The lowest BCUT2D eigenvalue weighted by Crippen LogP contribution is -2.01. The maximum atomic E-state index is 4.25. The van der Waals surface area contributed by atoms with Crippen molar-refractivity contribution in [1.29, 1.82) is 0 Å². The minimum absolute atomic E-state index is 0.715.